The molecular formula is C19H29N3O3. The molecule has 0 bridgehead atoms. The zero-order chi connectivity index (χ0) is 18.1. The molecule has 1 aromatic rings. The van der Waals surface area contributed by atoms with E-state index in [1.807, 2.05) is 4.90 Å². The SMILES string of the molecule is Cc1ccc(N2CCN(C(=O)CCCCCCC(=O)NO)CC2)cc1. The maximum atomic E-state index is 12.3. The predicted octanol–water partition coefficient (Wildman–Crippen LogP) is 2.49. The number of rotatable bonds is 8. The Kier molecular flexibility index (Phi) is 7.73. The van der Waals surface area contributed by atoms with Crippen molar-refractivity contribution in [2.45, 2.75) is 45.4 Å². The van der Waals surface area contributed by atoms with Gasteiger partial charge in [-0.05, 0) is 31.9 Å². The number of hydroxylamine groups is 1. The monoisotopic (exact) mass is 347 g/mol. The standard InChI is InChI=1S/C19H29N3O3/c1-16-8-10-17(11-9-16)21-12-14-22(15-13-21)19(24)7-5-3-2-4-6-18(23)20-25/h8-11,25H,2-7,12-15H2,1H3,(H,20,23). The molecule has 1 aliphatic heterocycles. The third-order valence-electron chi connectivity index (χ3n) is 4.70. The van der Waals surface area contributed by atoms with Gasteiger partial charge in [-0.1, -0.05) is 30.5 Å². The lowest BCUT2D eigenvalue weighted by molar-refractivity contribution is -0.132. The molecule has 0 radical (unpaired) electrons. The lowest BCUT2D eigenvalue weighted by Crippen LogP contribution is -2.48. The molecule has 0 atom stereocenters. The van der Waals surface area contributed by atoms with Gasteiger partial charge in [0.05, 0.1) is 0 Å². The van der Waals surface area contributed by atoms with Gasteiger partial charge in [-0.25, -0.2) is 5.48 Å². The zero-order valence-corrected chi connectivity index (χ0v) is 15.0. The Labute approximate surface area is 149 Å². The lowest BCUT2D eigenvalue weighted by atomic mass is 10.1. The van der Waals surface area contributed by atoms with E-state index in [1.54, 1.807) is 5.48 Å². The number of anilines is 1. The highest BCUT2D eigenvalue weighted by Gasteiger charge is 2.20. The Morgan fingerprint density at radius 3 is 2.16 bits per heavy atom. The normalized spacial score (nSPS) is 14.5. The Morgan fingerprint density at radius 1 is 0.960 bits per heavy atom. The number of piperazine rings is 1. The van der Waals surface area contributed by atoms with Crippen LogP contribution >= 0.6 is 0 Å². The number of carbonyl (C=O) groups excluding carboxylic acids is 2. The van der Waals surface area contributed by atoms with Crippen LogP contribution in [-0.4, -0.2) is 48.1 Å². The predicted molar refractivity (Wildman–Crippen MR) is 97.6 cm³/mol. The number of unbranched alkanes of at least 4 members (excludes halogenated alkanes) is 3. The van der Waals surface area contributed by atoms with E-state index in [-0.39, 0.29) is 11.8 Å². The van der Waals surface area contributed by atoms with E-state index < -0.39 is 0 Å². The maximum absolute atomic E-state index is 12.3. The summed E-state index contributed by atoms with van der Waals surface area (Å²) >= 11 is 0. The van der Waals surface area contributed by atoms with Gasteiger partial charge >= 0.3 is 0 Å². The van der Waals surface area contributed by atoms with Gasteiger partial charge in [0.1, 0.15) is 0 Å². The van der Waals surface area contributed by atoms with Gasteiger partial charge in [-0.3, -0.25) is 14.8 Å². The topological polar surface area (TPSA) is 72.9 Å². The van der Waals surface area contributed by atoms with Gasteiger partial charge in [0.15, 0.2) is 0 Å². The lowest BCUT2D eigenvalue weighted by Gasteiger charge is -2.36. The highest BCUT2D eigenvalue weighted by Crippen LogP contribution is 2.17. The molecule has 6 nitrogen and oxygen atoms in total. The van der Waals surface area contributed by atoms with Crippen molar-refractivity contribution in [2.75, 3.05) is 31.1 Å². The summed E-state index contributed by atoms with van der Waals surface area (Å²) in [5.41, 5.74) is 4.12. The quantitative estimate of drug-likeness (QED) is 0.430. The molecule has 1 heterocycles. The van der Waals surface area contributed by atoms with Crippen LogP contribution in [-0.2, 0) is 9.59 Å². The minimum Gasteiger partial charge on any atom is -0.368 e. The van der Waals surface area contributed by atoms with E-state index >= 15 is 0 Å². The number of amides is 2. The molecule has 138 valence electrons. The molecule has 0 unspecified atom stereocenters. The Hall–Kier alpha value is -2.08. The third kappa shape index (κ3) is 6.38. The van der Waals surface area contributed by atoms with Crippen molar-refractivity contribution in [2.24, 2.45) is 0 Å². The molecule has 0 saturated carbocycles. The van der Waals surface area contributed by atoms with Gasteiger partial charge in [-0.2, -0.15) is 0 Å². The Morgan fingerprint density at radius 2 is 1.56 bits per heavy atom. The summed E-state index contributed by atoms with van der Waals surface area (Å²) in [5, 5.41) is 8.40. The summed E-state index contributed by atoms with van der Waals surface area (Å²) in [6, 6.07) is 8.53. The minimum atomic E-state index is -0.345. The average molecular weight is 347 g/mol. The molecule has 1 fully saturated rings. The number of benzene rings is 1. The van der Waals surface area contributed by atoms with E-state index in [9.17, 15) is 9.59 Å². The molecule has 0 aliphatic carbocycles. The zero-order valence-electron chi connectivity index (χ0n) is 15.0. The van der Waals surface area contributed by atoms with Crippen molar-refractivity contribution < 1.29 is 14.8 Å². The van der Waals surface area contributed by atoms with Crippen molar-refractivity contribution in [1.29, 1.82) is 0 Å². The van der Waals surface area contributed by atoms with E-state index in [0.717, 1.165) is 51.9 Å². The van der Waals surface area contributed by atoms with Crippen molar-refractivity contribution in [1.82, 2.24) is 10.4 Å². The molecule has 6 heteroatoms. The number of hydrogen-bond donors (Lipinski definition) is 2. The molecule has 1 aromatic carbocycles. The van der Waals surface area contributed by atoms with E-state index in [0.29, 0.717) is 12.8 Å². The van der Waals surface area contributed by atoms with Gasteiger partial charge < -0.3 is 9.80 Å². The van der Waals surface area contributed by atoms with Crippen molar-refractivity contribution in [3.05, 3.63) is 29.8 Å². The summed E-state index contributed by atoms with van der Waals surface area (Å²) in [5.74, 6) is -0.112. The summed E-state index contributed by atoms with van der Waals surface area (Å²) in [6.45, 7) is 5.41. The molecule has 2 amide bonds. The van der Waals surface area contributed by atoms with E-state index in [2.05, 4.69) is 36.1 Å². The minimum absolute atomic E-state index is 0.233. The second kappa shape index (κ2) is 10.0. The first kappa shape index (κ1) is 19.2. The van der Waals surface area contributed by atoms with Crippen LogP contribution in [0.15, 0.2) is 24.3 Å². The second-order valence-corrected chi connectivity index (χ2v) is 6.65. The van der Waals surface area contributed by atoms with Crippen LogP contribution in [0, 0.1) is 6.92 Å². The van der Waals surface area contributed by atoms with E-state index in [4.69, 9.17) is 5.21 Å². The first-order chi connectivity index (χ1) is 12.1. The molecule has 25 heavy (non-hydrogen) atoms. The smallest absolute Gasteiger partial charge is 0.243 e. The highest BCUT2D eigenvalue weighted by atomic mass is 16.5. The van der Waals surface area contributed by atoms with Crippen molar-refractivity contribution in [3.63, 3.8) is 0 Å². The summed E-state index contributed by atoms with van der Waals surface area (Å²) in [7, 11) is 0. The van der Waals surface area contributed by atoms with Crippen LogP contribution < -0.4 is 10.4 Å². The molecular weight excluding hydrogens is 318 g/mol. The van der Waals surface area contributed by atoms with Crippen LogP contribution in [0.1, 0.15) is 44.1 Å². The Bertz CT molecular complexity index is 552. The van der Waals surface area contributed by atoms with Crippen LogP contribution in [0.3, 0.4) is 0 Å². The molecule has 0 aromatic heterocycles. The number of carbonyl (C=O) groups is 2. The second-order valence-electron chi connectivity index (χ2n) is 6.65. The Balaban J connectivity index is 1.61. The summed E-state index contributed by atoms with van der Waals surface area (Å²) < 4.78 is 0. The third-order valence-corrected chi connectivity index (χ3v) is 4.70. The molecule has 1 saturated heterocycles. The van der Waals surface area contributed by atoms with Crippen molar-refractivity contribution in [3.8, 4) is 0 Å². The fraction of sp³-hybridized carbons (Fsp3) is 0.579. The fourth-order valence-electron chi connectivity index (χ4n) is 3.10. The van der Waals surface area contributed by atoms with Gasteiger partial charge in [0.25, 0.3) is 0 Å². The first-order valence-electron chi connectivity index (χ1n) is 9.12. The summed E-state index contributed by atoms with van der Waals surface area (Å²) in [4.78, 5) is 27.5. The van der Waals surface area contributed by atoms with Gasteiger partial charge in [0.2, 0.25) is 11.8 Å². The van der Waals surface area contributed by atoms with Crippen LogP contribution in [0.5, 0.6) is 0 Å². The average Bonchev–Trinajstić information content (AvgIpc) is 2.65. The maximum Gasteiger partial charge on any atom is 0.243 e. The molecule has 0 spiro atoms. The summed E-state index contributed by atoms with van der Waals surface area (Å²) in [6.07, 6.45) is 4.37. The first-order valence-corrected chi connectivity index (χ1v) is 9.12. The van der Waals surface area contributed by atoms with Crippen molar-refractivity contribution >= 4 is 17.5 Å². The van der Waals surface area contributed by atoms with Crippen LogP contribution in [0.2, 0.25) is 0 Å². The van der Waals surface area contributed by atoms with Crippen LogP contribution in [0.4, 0.5) is 5.69 Å². The van der Waals surface area contributed by atoms with E-state index in [1.165, 1.54) is 11.3 Å². The molecule has 1 aliphatic rings. The largest absolute Gasteiger partial charge is 0.368 e. The van der Waals surface area contributed by atoms with Crippen LogP contribution in [0.25, 0.3) is 0 Å². The highest BCUT2D eigenvalue weighted by molar-refractivity contribution is 5.76. The number of aryl methyl sites for hydroxylation is 1. The fourth-order valence-corrected chi connectivity index (χ4v) is 3.10. The van der Waals surface area contributed by atoms with Gasteiger partial charge in [-0.15, -0.1) is 0 Å². The van der Waals surface area contributed by atoms with Gasteiger partial charge in [0, 0.05) is 44.7 Å². The molecule has 2 rings (SSSR count). The molecule has 2 N–H and O–H groups in total. The number of hydrogen-bond acceptors (Lipinski definition) is 4. The number of nitrogens with one attached hydrogen (secondary N) is 1. The number of nitrogens with zero attached hydrogens (tertiary/aromatic N) is 2.